The molecule has 0 aliphatic heterocycles. The van der Waals surface area contributed by atoms with E-state index in [-0.39, 0.29) is 19.5 Å². The van der Waals surface area contributed by atoms with Gasteiger partial charge in [-0.25, -0.2) is 0 Å². The number of allylic oxidation sites excluding steroid dienone is 4. The minimum Gasteiger partial charge on any atom is -0.290 e. The Kier molecular flexibility index (Phi) is 7.30. The minimum absolute atomic E-state index is 0.121. The largest absolute Gasteiger partial charge is 0.290 e. The second-order valence-electron chi connectivity index (χ2n) is 6.80. The summed E-state index contributed by atoms with van der Waals surface area (Å²) in [6, 6.07) is 22.3. The molecule has 0 unspecified atom stereocenters. The monoisotopic (exact) mass is 376 g/mol. The summed E-state index contributed by atoms with van der Waals surface area (Å²) in [6.07, 6.45) is 12.1. The van der Waals surface area contributed by atoms with Crippen LogP contribution >= 0.6 is 7.92 Å². The number of hydrogen-bond donors (Lipinski definition) is 0. The lowest BCUT2D eigenvalue weighted by atomic mass is 10.0. The van der Waals surface area contributed by atoms with E-state index >= 15 is 0 Å². The van der Waals surface area contributed by atoms with Gasteiger partial charge in [0.15, 0.2) is 11.6 Å². The van der Waals surface area contributed by atoms with E-state index in [9.17, 15) is 9.59 Å². The maximum atomic E-state index is 10.3. The van der Waals surface area contributed by atoms with E-state index in [4.69, 9.17) is 0 Å². The van der Waals surface area contributed by atoms with E-state index in [2.05, 4.69) is 60.7 Å². The highest BCUT2D eigenvalue weighted by molar-refractivity contribution is 7.73. The highest BCUT2D eigenvalue weighted by atomic mass is 31.1. The molecule has 0 radical (unpaired) electrons. The molecule has 2 aromatic rings. The van der Waals surface area contributed by atoms with E-state index in [0.717, 1.165) is 5.66 Å². The summed E-state index contributed by atoms with van der Waals surface area (Å²) in [7, 11) is -0.169. The second kappa shape index (κ2) is 10.1. The van der Waals surface area contributed by atoms with Crippen LogP contribution in [0, 0.1) is 0 Å². The Morgan fingerprint density at radius 1 is 0.593 bits per heavy atom. The molecule has 3 heteroatoms. The van der Waals surface area contributed by atoms with Gasteiger partial charge in [-0.3, -0.25) is 9.59 Å². The molecule has 2 aliphatic carbocycles. The van der Waals surface area contributed by atoms with Crippen molar-refractivity contribution < 1.29 is 9.59 Å². The maximum absolute atomic E-state index is 10.3. The smallest absolute Gasteiger partial charge is 0.178 e. The van der Waals surface area contributed by atoms with Crippen molar-refractivity contribution in [1.29, 1.82) is 0 Å². The first-order valence-corrected chi connectivity index (χ1v) is 11.0. The van der Waals surface area contributed by atoms with Crippen LogP contribution in [0.3, 0.4) is 0 Å². The van der Waals surface area contributed by atoms with Crippen LogP contribution in [0.4, 0.5) is 0 Å². The summed E-state index contributed by atoms with van der Waals surface area (Å²) in [5, 5.41) is 3.10. The van der Waals surface area contributed by atoms with E-state index < -0.39 is 0 Å². The third-order valence-corrected chi connectivity index (χ3v) is 7.79. The Labute approximate surface area is 162 Å². The van der Waals surface area contributed by atoms with Gasteiger partial charge >= 0.3 is 0 Å². The first-order chi connectivity index (χ1) is 13.2. The van der Waals surface area contributed by atoms with Gasteiger partial charge in [0, 0.05) is 0 Å². The Morgan fingerprint density at radius 3 is 1.41 bits per heavy atom. The summed E-state index contributed by atoms with van der Waals surface area (Å²) in [4.78, 5) is 20.6. The van der Waals surface area contributed by atoms with Gasteiger partial charge in [-0.15, -0.1) is 0 Å². The number of carbonyl (C=O) groups excluding carboxylic acids is 2. The molecule has 0 aromatic heterocycles. The summed E-state index contributed by atoms with van der Waals surface area (Å²) >= 11 is 0. The van der Waals surface area contributed by atoms with Crippen LogP contribution < -0.4 is 10.6 Å². The van der Waals surface area contributed by atoms with Gasteiger partial charge in [0.05, 0.1) is 0 Å². The van der Waals surface area contributed by atoms with Gasteiger partial charge in [-0.2, -0.15) is 0 Å². The highest BCUT2D eigenvalue weighted by Gasteiger charge is 2.25. The fourth-order valence-corrected chi connectivity index (χ4v) is 6.54. The molecule has 0 atom stereocenters. The predicted octanol–water partition coefficient (Wildman–Crippen LogP) is 4.70. The molecule has 2 nitrogen and oxygen atoms in total. The fourth-order valence-electron chi connectivity index (χ4n) is 3.53. The van der Waals surface area contributed by atoms with Crippen molar-refractivity contribution in [1.82, 2.24) is 0 Å². The van der Waals surface area contributed by atoms with Crippen molar-refractivity contribution in [2.45, 2.75) is 37.8 Å². The molecular formula is C24H25O2P. The second-order valence-corrected chi connectivity index (χ2v) is 9.31. The Bertz CT molecular complexity index is 725. The lowest BCUT2D eigenvalue weighted by Gasteiger charge is -2.31. The van der Waals surface area contributed by atoms with Gasteiger partial charge in [-0.05, 0) is 61.3 Å². The normalized spacial score (nSPS) is 16.9. The average molecular weight is 376 g/mol. The summed E-state index contributed by atoms with van der Waals surface area (Å²) < 4.78 is 0. The third kappa shape index (κ3) is 5.84. The maximum Gasteiger partial charge on any atom is 0.178 e. The molecule has 2 aromatic carbocycles. The van der Waals surface area contributed by atoms with Crippen LogP contribution in [0.25, 0.3) is 0 Å². The standard InChI is InChI=1S/C18H21P.C6H4O2/c1-4-10-16(11-5-1)19(17-12-6-2-7-13-17)18-14-8-3-9-15-18;7-5-1-2-6(8)4-3-5/h1-2,4-7,10-13,18H,3,8-9,14-15H2;1-4H. The van der Waals surface area contributed by atoms with Crippen LogP contribution in [0.1, 0.15) is 32.1 Å². The molecule has 0 saturated heterocycles. The van der Waals surface area contributed by atoms with E-state index in [1.54, 1.807) is 10.6 Å². The summed E-state index contributed by atoms with van der Waals surface area (Å²) in [5.41, 5.74) is 0.883. The van der Waals surface area contributed by atoms with Crippen molar-refractivity contribution in [3.8, 4) is 0 Å². The molecular weight excluding hydrogens is 351 g/mol. The molecule has 1 fully saturated rings. The Balaban J connectivity index is 0.000000221. The van der Waals surface area contributed by atoms with E-state index in [0.29, 0.717) is 0 Å². The van der Waals surface area contributed by atoms with Crippen LogP contribution in [-0.4, -0.2) is 17.2 Å². The highest BCUT2D eigenvalue weighted by Crippen LogP contribution is 2.46. The molecule has 138 valence electrons. The van der Waals surface area contributed by atoms with Crippen LogP contribution in [0.2, 0.25) is 0 Å². The van der Waals surface area contributed by atoms with Gasteiger partial charge in [-0.1, -0.05) is 79.9 Å². The lowest BCUT2D eigenvalue weighted by molar-refractivity contribution is -0.113. The van der Waals surface area contributed by atoms with Gasteiger partial charge in [0.2, 0.25) is 0 Å². The van der Waals surface area contributed by atoms with Crippen molar-refractivity contribution >= 4 is 30.1 Å². The molecule has 2 aliphatic rings. The summed E-state index contributed by atoms with van der Waals surface area (Å²) in [6.45, 7) is 0. The number of benzene rings is 2. The first kappa shape index (κ1) is 19.5. The molecule has 0 heterocycles. The SMILES string of the molecule is O=C1C=CC(=O)C=C1.c1ccc(P(c2ccccc2)C2CCCCC2)cc1. The van der Waals surface area contributed by atoms with Crippen molar-refractivity contribution in [2.75, 3.05) is 0 Å². The summed E-state index contributed by atoms with van der Waals surface area (Å²) in [5.74, 6) is -0.241. The quantitative estimate of drug-likeness (QED) is 0.575. The van der Waals surface area contributed by atoms with Gasteiger partial charge in [0.25, 0.3) is 0 Å². The first-order valence-electron chi connectivity index (χ1n) is 9.57. The number of rotatable bonds is 3. The molecule has 0 amide bonds. The zero-order valence-corrected chi connectivity index (χ0v) is 16.4. The number of carbonyl (C=O) groups is 2. The van der Waals surface area contributed by atoms with Crippen LogP contribution in [0.15, 0.2) is 85.0 Å². The topological polar surface area (TPSA) is 34.1 Å². The van der Waals surface area contributed by atoms with Gasteiger partial charge in [0.1, 0.15) is 0 Å². The van der Waals surface area contributed by atoms with Crippen LogP contribution in [-0.2, 0) is 9.59 Å². The van der Waals surface area contributed by atoms with Crippen molar-refractivity contribution in [2.24, 2.45) is 0 Å². The van der Waals surface area contributed by atoms with E-state index in [1.165, 1.54) is 56.4 Å². The molecule has 0 bridgehead atoms. The fraction of sp³-hybridized carbons (Fsp3) is 0.250. The van der Waals surface area contributed by atoms with Crippen LogP contribution in [0.5, 0.6) is 0 Å². The zero-order valence-electron chi connectivity index (χ0n) is 15.5. The molecule has 0 N–H and O–H groups in total. The lowest BCUT2D eigenvalue weighted by Crippen LogP contribution is -2.23. The third-order valence-electron chi connectivity index (χ3n) is 4.83. The molecule has 1 saturated carbocycles. The van der Waals surface area contributed by atoms with E-state index in [1.807, 2.05) is 0 Å². The minimum atomic E-state index is -0.169. The van der Waals surface area contributed by atoms with Crippen molar-refractivity contribution in [3.63, 3.8) is 0 Å². The Hall–Kier alpha value is -2.31. The zero-order chi connectivity index (χ0) is 18.9. The molecule has 0 spiro atoms. The molecule has 27 heavy (non-hydrogen) atoms. The Morgan fingerprint density at radius 2 is 1.00 bits per heavy atom. The van der Waals surface area contributed by atoms with Gasteiger partial charge < -0.3 is 0 Å². The number of hydrogen-bond acceptors (Lipinski definition) is 2. The van der Waals surface area contributed by atoms with Crippen molar-refractivity contribution in [3.05, 3.63) is 85.0 Å². The predicted molar refractivity (Wildman–Crippen MR) is 114 cm³/mol. The molecule has 4 rings (SSSR count). The number of ketones is 2. The average Bonchev–Trinajstić information content (AvgIpc) is 2.73.